The van der Waals surface area contributed by atoms with Crippen molar-refractivity contribution in [3.8, 4) is 6.07 Å². The molecule has 0 unspecified atom stereocenters. The lowest BCUT2D eigenvalue weighted by Crippen LogP contribution is -2.27. The molecule has 0 bridgehead atoms. The smallest absolute Gasteiger partial charge is 0.132 e. The monoisotopic (exact) mass is 217 g/mol. The van der Waals surface area contributed by atoms with Crippen LogP contribution in [0.15, 0.2) is 6.07 Å². The lowest BCUT2D eigenvalue weighted by atomic mass is 9.93. The topological polar surface area (TPSA) is 73.6 Å². The zero-order valence-electron chi connectivity index (χ0n) is 9.32. The van der Waals surface area contributed by atoms with Crippen LogP contribution < -0.4 is 10.6 Å². The first-order valence-electron chi connectivity index (χ1n) is 5.51. The highest BCUT2D eigenvalue weighted by atomic mass is 15.1. The summed E-state index contributed by atoms with van der Waals surface area (Å²) < 4.78 is 0. The van der Waals surface area contributed by atoms with E-state index < -0.39 is 0 Å². The van der Waals surface area contributed by atoms with Crippen LogP contribution in [0.3, 0.4) is 0 Å². The Labute approximate surface area is 94.9 Å². The van der Waals surface area contributed by atoms with Gasteiger partial charge in [-0.15, -0.1) is 0 Å². The molecule has 0 radical (unpaired) electrons. The molecule has 0 spiro atoms. The quantitative estimate of drug-likeness (QED) is 0.751. The molecule has 2 N–H and O–H groups in total. The van der Waals surface area contributed by atoms with Crippen LogP contribution in [0, 0.1) is 18.3 Å². The number of nitrogens with zero attached hydrogens (tertiary/aromatic N) is 3. The Morgan fingerprint density at radius 3 is 2.81 bits per heavy atom. The molecule has 1 fully saturated rings. The third kappa shape index (κ3) is 2.60. The molecule has 16 heavy (non-hydrogen) atoms. The Bertz CT molecular complexity index is 405. The predicted octanol–water partition coefficient (Wildman–Crippen LogP) is 1.68. The molecule has 2 rings (SSSR count). The van der Waals surface area contributed by atoms with Crippen LogP contribution in [0.2, 0.25) is 0 Å². The number of rotatable bonds is 4. The molecule has 0 amide bonds. The van der Waals surface area contributed by atoms with E-state index in [2.05, 4.69) is 20.6 Å². The van der Waals surface area contributed by atoms with Crippen molar-refractivity contribution in [2.24, 2.45) is 0 Å². The first-order valence-corrected chi connectivity index (χ1v) is 5.51. The molecule has 0 atom stereocenters. The van der Waals surface area contributed by atoms with Gasteiger partial charge in [-0.2, -0.15) is 5.26 Å². The highest BCUT2D eigenvalue weighted by Crippen LogP contribution is 2.23. The molecule has 0 saturated heterocycles. The van der Waals surface area contributed by atoms with Crippen molar-refractivity contribution in [2.45, 2.75) is 32.2 Å². The molecule has 5 nitrogen and oxygen atoms in total. The number of hydrogen-bond donors (Lipinski definition) is 2. The summed E-state index contributed by atoms with van der Waals surface area (Å²) in [5, 5.41) is 14.8. The Hall–Kier alpha value is -1.83. The predicted molar refractivity (Wildman–Crippen MR) is 62.1 cm³/mol. The van der Waals surface area contributed by atoms with E-state index in [0.717, 1.165) is 5.82 Å². The second-order valence-corrected chi connectivity index (χ2v) is 3.97. The number of anilines is 2. The van der Waals surface area contributed by atoms with Gasteiger partial charge in [0.15, 0.2) is 0 Å². The highest BCUT2D eigenvalue weighted by molar-refractivity contribution is 5.48. The molecule has 1 aromatic rings. The lowest BCUT2D eigenvalue weighted by Gasteiger charge is -2.27. The van der Waals surface area contributed by atoms with Gasteiger partial charge in [-0.05, 0) is 26.2 Å². The van der Waals surface area contributed by atoms with Gasteiger partial charge >= 0.3 is 0 Å². The maximum atomic E-state index is 8.49. The van der Waals surface area contributed by atoms with Crippen molar-refractivity contribution in [2.75, 3.05) is 17.2 Å². The first kappa shape index (κ1) is 10.7. The highest BCUT2D eigenvalue weighted by Gasteiger charge is 2.17. The van der Waals surface area contributed by atoms with Gasteiger partial charge in [-0.1, -0.05) is 0 Å². The van der Waals surface area contributed by atoms with E-state index in [0.29, 0.717) is 17.7 Å². The lowest BCUT2D eigenvalue weighted by molar-refractivity contribution is 0.444. The molecular weight excluding hydrogens is 202 g/mol. The summed E-state index contributed by atoms with van der Waals surface area (Å²) in [7, 11) is 0. The van der Waals surface area contributed by atoms with Gasteiger partial charge in [-0.25, -0.2) is 9.97 Å². The SMILES string of the molecule is Cc1nc(NCC#N)cc(NC2CCC2)n1. The minimum Gasteiger partial charge on any atom is -0.367 e. The van der Waals surface area contributed by atoms with E-state index >= 15 is 0 Å². The summed E-state index contributed by atoms with van der Waals surface area (Å²) in [6.45, 7) is 2.11. The van der Waals surface area contributed by atoms with Crippen molar-refractivity contribution in [3.05, 3.63) is 11.9 Å². The molecule has 1 aromatic heterocycles. The molecule has 84 valence electrons. The van der Waals surface area contributed by atoms with Crippen molar-refractivity contribution < 1.29 is 0 Å². The average molecular weight is 217 g/mol. The van der Waals surface area contributed by atoms with Crippen molar-refractivity contribution in [3.63, 3.8) is 0 Å². The molecule has 5 heteroatoms. The zero-order chi connectivity index (χ0) is 11.4. The van der Waals surface area contributed by atoms with Crippen LogP contribution in [0.5, 0.6) is 0 Å². The van der Waals surface area contributed by atoms with Gasteiger partial charge in [0, 0.05) is 12.1 Å². The van der Waals surface area contributed by atoms with Crippen LogP contribution in [-0.2, 0) is 0 Å². The van der Waals surface area contributed by atoms with Crippen LogP contribution in [0.25, 0.3) is 0 Å². The standard InChI is InChI=1S/C11H15N5/c1-8-14-10(13-6-5-12)7-11(15-8)16-9-3-2-4-9/h7,9H,2-4,6H2,1H3,(H2,13,14,15,16). The maximum absolute atomic E-state index is 8.49. The van der Waals surface area contributed by atoms with E-state index in [1.807, 2.05) is 19.1 Å². The van der Waals surface area contributed by atoms with Gasteiger partial charge in [0.2, 0.25) is 0 Å². The molecule has 1 aliphatic carbocycles. The van der Waals surface area contributed by atoms with Gasteiger partial charge in [0.25, 0.3) is 0 Å². The Morgan fingerprint density at radius 1 is 1.44 bits per heavy atom. The molecule has 0 aromatic carbocycles. The number of hydrogen-bond acceptors (Lipinski definition) is 5. The molecule has 0 aliphatic heterocycles. The average Bonchev–Trinajstić information content (AvgIpc) is 2.20. The van der Waals surface area contributed by atoms with Crippen molar-refractivity contribution >= 4 is 11.6 Å². The number of aromatic nitrogens is 2. The van der Waals surface area contributed by atoms with Crippen LogP contribution in [-0.4, -0.2) is 22.6 Å². The Morgan fingerprint density at radius 2 is 2.19 bits per heavy atom. The van der Waals surface area contributed by atoms with E-state index in [-0.39, 0.29) is 6.54 Å². The van der Waals surface area contributed by atoms with E-state index in [9.17, 15) is 0 Å². The second kappa shape index (κ2) is 4.79. The van der Waals surface area contributed by atoms with Crippen molar-refractivity contribution in [1.82, 2.24) is 9.97 Å². The number of nitrogens with one attached hydrogen (secondary N) is 2. The van der Waals surface area contributed by atoms with Crippen LogP contribution in [0.1, 0.15) is 25.1 Å². The Kier molecular flexibility index (Phi) is 3.20. The Balaban J connectivity index is 2.05. The van der Waals surface area contributed by atoms with E-state index in [1.165, 1.54) is 19.3 Å². The van der Waals surface area contributed by atoms with Gasteiger partial charge in [-0.3, -0.25) is 0 Å². The minimum atomic E-state index is 0.263. The summed E-state index contributed by atoms with van der Waals surface area (Å²) in [4.78, 5) is 8.53. The van der Waals surface area contributed by atoms with Gasteiger partial charge in [0.1, 0.15) is 24.0 Å². The second-order valence-electron chi connectivity index (χ2n) is 3.97. The summed E-state index contributed by atoms with van der Waals surface area (Å²) in [5.41, 5.74) is 0. The first-order chi connectivity index (χ1) is 7.78. The third-order valence-corrected chi connectivity index (χ3v) is 2.64. The van der Waals surface area contributed by atoms with E-state index in [4.69, 9.17) is 5.26 Å². The fraction of sp³-hybridized carbons (Fsp3) is 0.545. The van der Waals surface area contributed by atoms with Gasteiger partial charge < -0.3 is 10.6 Å². The largest absolute Gasteiger partial charge is 0.367 e. The maximum Gasteiger partial charge on any atom is 0.132 e. The fourth-order valence-electron chi connectivity index (χ4n) is 1.62. The third-order valence-electron chi connectivity index (χ3n) is 2.64. The molecule has 1 heterocycles. The number of nitriles is 1. The summed E-state index contributed by atoms with van der Waals surface area (Å²) in [5.74, 6) is 2.26. The molecule has 1 aliphatic rings. The summed E-state index contributed by atoms with van der Waals surface area (Å²) in [6.07, 6.45) is 3.72. The van der Waals surface area contributed by atoms with Crippen LogP contribution >= 0.6 is 0 Å². The minimum absolute atomic E-state index is 0.263. The van der Waals surface area contributed by atoms with Crippen molar-refractivity contribution in [1.29, 1.82) is 5.26 Å². The zero-order valence-corrected chi connectivity index (χ0v) is 9.32. The summed E-state index contributed by atoms with van der Waals surface area (Å²) in [6, 6.07) is 4.43. The molecular formula is C11H15N5. The fourth-order valence-corrected chi connectivity index (χ4v) is 1.62. The normalized spacial score (nSPS) is 15.0. The van der Waals surface area contributed by atoms with Gasteiger partial charge in [0.05, 0.1) is 6.07 Å². The van der Waals surface area contributed by atoms with E-state index in [1.54, 1.807) is 0 Å². The molecule has 1 saturated carbocycles. The van der Waals surface area contributed by atoms with Crippen LogP contribution in [0.4, 0.5) is 11.6 Å². The number of aryl methyl sites for hydroxylation is 1. The summed E-state index contributed by atoms with van der Waals surface area (Å²) >= 11 is 0.